The van der Waals surface area contributed by atoms with E-state index < -0.39 is 16.9 Å². The molecule has 138 valence electrons. The van der Waals surface area contributed by atoms with Crippen LogP contribution in [0.2, 0.25) is 0 Å². The van der Waals surface area contributed by atoms with Crippen LogP contribution < -0.4 is 10.6 Å². The number of nitrogens with zero attached hydrogens (tertiary/aromatic N) is 1. The first-order chi connectivity index (χ1) is 11.8. The van der Waals surface area contributed by atoms with Crippen LogP contribution in [0, 0.1) is 16.0 Å². The Kier molecular flexibility index (Phi) is 8.55. The van der Waals surface area contributed by atoms with Crippen molar-refractivity contribution in [3.8, 4) is 0 Å². The predicted molar refractivity (Wildman–Crippen MR) is 93.1 cm³/mol. The van der Waals surface area contributed by atoms with Crippen molar-refractivity contribution in [3.05, 3.63) is 39.9 Å². The Labute approximate surface area is 146 Å². The van der Waals surface area contributed by atoms with E-state index in [-0.39, 0.29) is 24.1 Å². The van der Waals surface area contributed by atoms with Crippen molar-refractivity contribution in [2.45, 2.75) is 45.7 Å². The summed E-state index contributed by atoms with van der Waals surface area (Å²) in [5, 5.41) is 25.4. The second-order valence-corrected chi connectivity index (χ2v) is 6.05. The number of hydrogen-bond acceptors (Lipinski definition) is 5. The fourth-order valence-electron chi connectivity index (χ4n) is 2.38. The zero-order chi connectivity index (χ0) is 18.8. The molecule has 3 N–H and O–H groups in total. The first-order valence-electron chi connectivity index (χ1n) is 8.29. The van der Waals surface area contributed by atoms with Crippen molar-refractivity contribution in [1.29, 1.82) is 0 Å². The Hall–Kier alpha value is -2.48. The number of rotatable bonds is 11. The van der Waals surface area contributed by atoms with Crippen LogP contribution in [0.4, 0.5) is 5.69 Å². The molecule has 1 rings (SSSR count). The molecular weight excluding hydrogens is 326 g/mol. The third-order valence-electron chi connectivity index (χ3n) is 3.88. The highest BCUT2D eigenvalue weighted by molar-refractivity contribution is 5.76. The van der Waals surface area contributed by atoms with Crippen molar-refractivity contribution >= 4 is 17.6 Å². The number of benzene rings is 1. The lowest BCUT2D eigenvalue weighted by molar-refractivity contribution is -0.384. The highest BCUT2D eigenvalue weighted by atomic mass is 16.6. The largest absolute Gasteiger partial charge is 0.480 e. The van der Waals surface area contributed by atoms with Gasteiger partial charge in [-0.25, -0.2) is 0 Å². The Morgan fingerprint density at radius 3 is 2.68 bits per heavy atom. The summed E-state index contributed by atoms with van der Waals surface area (Å²) in [5.41, 5.74) is 0.666. The highest BCUT2D eigenvalue weighted by Crippen LogP contribution is 2.13. The first-order valence-corrected chi connectivity index (χ1v) is 8.29. The van der Waals surface area contributed by atoms with E-state index in [9.17, 15) is 19.7 Å². The van der Waals surface area contributed by atoms with Crippen molar-refractivity contribution in [2.24, 2.45) is 5.92 Å². The summed E-state index contributed by atoms with van der Waals surface area (Å²) in [4.78, 5) is 33.1. The highest BCUT2D eigenvalue weighted by Gasteiger charge is 2.15. The SMILES string of the molecule is CC[C@@H](NCCC(C)CC(=O)NCc1cccc([N+](=O)[O-])c1)C(=O)O. The fourth-order valence-corrected chi connectivity index (χ4v) is 2.38. The van der Waals surface area contributed by atoms with Gasteiger partial charge in [-0.1, -0.05) is 26.0 Å². The smallest absolute Gasteiger partial charge is 0.320 e. The molecule has 1 aromatic rings. The zero-order valence-corrected chi connectivity index (χ0v) is 14.5. The van der Waals surface area contributed by atoms with Crippen molar-refractivity contribution in [2.75, 3.05) is 6.54 Å². The van der Waals surface area contributed by atoms with Gasteiger partial charge in [0.15, 0.2) is 0 Å². The minimum absolute atomic E-state index is 0.00454. The van der Waals surface area contributed by atoms with E-state index in [2.05, 4.69) is 10.6 Å². The standard InChI is InChI=1S/C17H25N3O5/c1-3-15(17(22)23)18-8-7-12(2)9-16(21)19-11-13-5-4-6-14(10-13)20(24)25/h4-6,10,12,15,18H,3,7-9,11H2,1-2H3,(H,19,21)(H,22,23)/t12?,15-/m1/s1. The van der Waals surface area contributed by atoms with Crippen molar-refractivity contribution < 1.29 is 19.6 Å². The average molecular weight is 351 g/mol. The average Bonchev–Trinajstić information content (AvgIpc) is 2.56. The van der Waals surface area contributed by atoms with Crippen LogP contribution in [0.1, 0.15) is 38.7 Å². The topological polar surface area (TPSA) is 122 Å². The van der Waals surface area contributed by atoms with E-state index in [0.29, 0.717) is 31.4 Å². The number of amides is 1. The molecule has 2 atom stereocenters. The number of carbonyl (C=O) groups excluding carboxylic acids is 1. The monoisotopic (exact) mass is 351 g/mol. The molecule has 25 heavy (non-hydrogen) atoms. The quantitative estimate of drug-likeness (QED) is 0.414. The predicted octanol–water partition coefficient (Wildman–Crippen LogP) is 2.08. The molecule has 0 saturated heterocycles. The second-order valence-electron chi connectivity index (χ2n) is 6.05. The maximum absolute atomic E-state index is 11.9. The number of non-ortho nitro benzene ring substituents is 1. The Bertz CT molecular complexity index is 606. The number of carbonyl (C=O) groups is 2. The summed E-state index contributed by atoms with van der Waals surface area (Å²) in [6.45, 7) is 4.50. The molecule has 0 radical (unpaired) electrons. The van der Waals surface area contributed by atoms with Crippen LogP contribution in [0.5, 0.6) is 0 Å². The minimum atomic E-state index is -0.871. The molecule has 1 amide bonds. The van der Waals surface area contributed by atoms with E-state index in [1.54, 1.807) is 19.1 Å². The molecule has 0 aliphatic rings. The van der Waals surface area contributed by atoms with Gasteiger partial charge in [0.05, 0.1) is 4.92 Å². The third-order valence-corrected chi connectivity index (χ3v) is 3.88. The fraction of sp³-hybridized carbons (Fsp3) is 0.529. The van der Waals surface area contributed by atoms with Crippen molar-refractivity contribution in [3.63, 3.8) is 0 Å². The summed E-state index contributed by atoms with van der Waals surface area (Å²) in [5.74, 6) is -0.905. The minimum Gasteiger partial charge on any atom is -0.480 e. The van der Waals surface area contributed by atoms with Crippen LogP contribution in [0.3, 0.4) is 0 Å². The van der Waals surface area contributed by atoms with Gasteiger partial charge in [0.2, 0.25) is 5.91 Å². The third kappa shape index (κ3) is 7.75. The summed E-state index contributed by atoms with van der Waals surface area (Å²) < 4.78 is 0. The van der Waals surface area contributed by atoms with Crippen LogP contribution >= 0.6 is 0 Å². The maximum Gasteiger partial charge on any atom is 0.320 e. The molecule has 0 aliphatic heterocycles. The van der Waals surface area contributed by atoms with Gasteiger partial charge in [-0.05, 0) is 30.9 Å². The summed E-state index contributed by atoms with van der Waals surface area (Å²) >= 11 is 0. The van der Waals surface area contributed by atoms with Crippen LogP contribution in [0.25, 0.3) is 0 Å². The molecule has 0 aliphatic carbocycles. The normalized spacial score (nSPS) is 13.0. The first kappa shape index (κ1) is 20.6. The number of nitro benzene ring substituents is 1. The van der Waals surface area contributed by atoms with Gasteiger partial charge in [-0.3, -0.25) is 19.7 Å². The van der Waals surface area contributed by atoms with Gasteiger partial charge >= 0.3 is 5.97 Å². The molecule has 0 saturated carbocycles. The molecule has 0 fully saturated rings. The van der Waals surface area contributed by atoms with Crippen LogP contribution in [0.15, 0.2) is 24.3 Å². The van der Waals surface area contributed by atoms with E-state index in [1.165, 1.54) is 12.1 Å². The zero-order valence-electron chi connectivity index (χ0n) is 14.5. The van der Waals surface area contributed by atoms with Crippen LogP contribution in [-0.4, -0.2) is 34.5 Å². The Morgan fingerprint density at radius 2 is 2.08 bits per heavy atom. The number of carboxylic acid groups (broad SMARTS) is 1. The van der Waals surface area contributed by atoms with E-state index >= 15 is 0 Å². The van der Waals surface area contributed by atoms with Gasteiger partial charge in [0.1, 0.15) is 6.04 Å². The summed E-state index contributed by atoms with van der Waals surface area (Å²) in [7, 11) is 0. The van der Waals surface area contributed by atoms with Crippen LogP contribution in [-0.2, 0) is 16.1 Å². The second kappa shape index (κ2) is 10.4. The summed E-state index contributed by atoms with van der Waals surface area (Å²) in [6, 6.07) is 5.58. The van der Waals surface area contributed by atoms with Gasteiger partial charge in [0.25, 0.3) is 5.69 Å². The molecular formula is C17H25N3O5. The number of nitro groups is 1. The molecule has 0 aromatic heterocycles. The Morgan fingerprint density at radius 1 is 1.36 bits per heavy atom. The van der Waals surface area contributed by atoms with Gasteiger partial charge in [-0.15, -0.1) is 0 Å². The molecule has 0 heterocycles. The number of hydrogen-bond donors (Lipinski definition) is 3. The molecule has 0 spiro atoms. The number of nitrogens with one attached hydrogen (secondary N) is 2. The molecule has 1 aromatic carbocycles. The molecule has 1 unspecified atom stereocenters. The van der Waals surface area contributed by atoms with Crippen molar-refractivity contribution in [1.82, 2.24) is 10.6 Å². The van der Waals surface area contributed by atoms with E-state index in [1.807, 2.05) is 6.92 Å². The lowest BCUT2D eigenvalue weighted by atomic mass is 10.0. The lowest BCUT2D eigenvalue weighted by Gasteiger charge is -2.15. The summed E-state index contributed by atoms with van der Waals surface area (Å²) in [6.07, 6.45) is 1.52. The Balaban J connectivity index is 2.32. The van der Waals surface area contributed by atoms with Gasteiger partial charge in [-0.2, -0.15) is 0 Å². The van der Waals surface area contributed by atoms with E-state index in [4.69, 9.17) is 5.11 Å². The lowest BCUT2D eigenvalue weighted by Crippen LogP contribution is -2.37. The molecule has 8 nitrogen and oxygen atoms in total. The molecule has 8 heteroatoms. The number of aliphatic carboxylic acids is 1. The van der Waals surface area contributed by atoms with E-state index in [0.717, 1.165) is 0 Å². The number of carboxylic acids is 1. The van der Waals surface area contributed by atoms with Gasteiger partial charge < -0.3 is 15.7 Å². The van der Waals surface area contributed by atoms with Gasteiger partial charge in [0, 0.05) is 25.1 Å². The molecule has 0 bridgehead atoms. The maximum atomic E-state index is 11.9.